The predicted octanol–water partition coefficient (Wildman–Crippen LogP) is 0.494. The average molecular weight is 137 g/mol. The number of aromatic nitrogens is 1. The van der Waals surface area contributed by atoms with Gasteiger partial charge in [-0.05, 0) is 6.92 Å². The molecule has 2 heteroatoms. The summed E-state index contributed by atoms with van der Waals surface area (Å²) < 4.78 is 2.10. The molecule has 2 nitrogen and oxygen atoms in total. The lowest BCUT2D eigenvalue weighted by Crippen LogP contribution is -2.40. The van der Waals surface area contributed by atoms with Gasteiger partial charge in [0.15, 0.2) is 18.4 Å². The second-order valence-corrected chi connectivity index (χ2v) is 2.41. The highest BCUT2D eigenvalue weighted by atomic mass is 15.0. The Labute approximate surface area is 61.3 Å². The summed E-state index contributed by atoms with van der Waals surface area (Å²) in [5, 5.41) is 0. The fourth-order valence-electron chi connectivity index (χ4n) is 0.828. The number of rotatable bonds is 2. The Kier molecular flexibility index (Phi) is 2.40. The zero-order valence-electron chi connectivity index (χ0n) is 6.20. The molecule has 0 bridgehead atoms. The van der Waals surface area contributed by atoms with Gasteiger partial charge in [-0.25, -0.2) is 4.57 Å². The second-order valence-electron chi connectivity index (χ2n) is 2.41. The van der Waals surface area contributed by atoms with Crippen LogP contribution < -0.4 is 10.3 Å². The summed E-state index contributed by atoms with van der Waals surface area (Å²) in [7, 11) is 0. The Morgan fingerprint density at radius 1 is 1.30 bits per heavy atom. The standard InChI is InChI=1S/C8H13N2/c1-8(7-9)10-5-3-2-4-6-10/h2-6,8H,7,9H2,1H3/q+1. The molecule has 1 rings (SSSR count). The van der Waals surface area contributed by atoms with Gasteiger partial charge in [-0.15, -0.1) is 0 Å². The molecule has 1 unspecified atom stereocenters. The smallest absolute Gasteiger partial charge is 0.169 e. The summed E-state index contributed by atoms with van der Waals surface area (Å²) >= 11 is 0. The van der Waals surface area contributed by atoms with Gasteiger partial charge in [-0.3, -0.25) is 0 Å². The van der Waals surface area contributed by atoms with Crippen molar-refractivity contribution in [1.82, 2.24) is 0 Å². The van der Waals surface area contributed by atoms with Crippen molar-refractivity contribution < 1.29 is 4.57 Å². The molecule has 0 aliphatic carbocycles. The number of hydrogen-bond acceptors (Lipinski definition) is 1. The number of nitrogens with two attached hydrogens (primary N) is 1. The Morgan fingerprint density at radius 2 is 1.90 bits per heavy atom. The zero-order chi connectivity index (χ0) is 7.40. The first-order valence-corrected chi connectivity index (χ1v) is 3.50. The molecule has 0 aliphatic rings. The number of pyridine rings is 1. The third kappa shape index (κ3) is 1.54. The minimum absolute atomic E-state index is 0.404. The lowest BCUT2D eigenvalue weighted by Gasteiger charge is -2.00. The summed E-state index contributed by atoms with van der Waals surface area (Å²) in [5.41, 5.74) is 5.48. The van der Waals surface area contributed by atoms with E-state index in [0.717, 1.165) is 0 Å². The summed E-state index contributed by atoms with van der Waals surface area (Å²) in [6, 6.07) is 6.42. The molecule has 0 saturated heterocycles. The van der Waals surface area contributed by atoms with Gasteiger partial charge in [0.25, 0.3) is 0 Å². The Hall–Kier alpha value is -0.890. The van der Waals surface area contributed by atoms with E-state index in [1.165, 1.54) is 0 Å². The van der Waals surface area contributed by atoms with Gasteiger partial charge in [0.1, 0.15) is 0 Å². The summed E-state index contributed by atoms with van der Waals surface area (Å²) in [6.45, 7) is 2.79. The minimum Gasteiger partial charge on any atom is -0.325 e. The highest BCUT2D eigenvalue weighted by molar-refractivity contribution is 4.83. The SMILES string of the molecule is CC(CN)[n+]1ccccc1. The third-order valence-electron chi connectivity index (χ3n) is 1.59. The summed E-state index contributed by atoms with van der Waals surface area (Å²) in [6.07, 6.45) is 4.05. The van der Waals surface area contributed by atoms with Crippen molar-refractivity contribution >= 4 is 0 Å². The number of hydrogen-bond donors (Lipinski definition) is 1. The normalized spacial score (nSPS) is 13.0. The lowest BCUT2D eigenvalue weighted by molar-refractivity contribution is -0.717. The van der Waals surface area contributed by atoms with Crippen LogP contribution in [0.2, 0.25) is 0 Å². The van der Waals surface area contributed by atoms with Crippen LogP contribution in [0.1, 0.15) is 13.0 Å². The maximum Gasteiger partial charge on any atom is 0.169 e. The largest absolute Gasteiger partial charge is 0.325 e. The van der Waals surface area contributed by atoms with E-state index in [2.05, 4.69) is 11.5 Å². The van der Waals surface area contributed by atoms with Gasteiger partial charge >= 0.3 is 0 Å². The van der Waals surface area contributed by atoms with E-state index < -0.39 is 0 Å². The van der Waals surface area contributed by atoms with Crippen LogP contribution in [0, 0.1) is 0 Å². The average Bonchev–Trinajstić information content (AvgIpc) is 2.05. The molecule has 2 N–H and O–H groups in total. The maximum atomic E-state index is 5.48. The first kappa shape index (κ1) is 7.22. The van der Waals surface area contributed by atoms with Crippen LogP contribution in [0.4, 0.5) is 0 Å². The molecule has 0 amide bonds. The van der Waals surface area contributed by atoms with Crippen LogP contribution in [0.3, 0.4) is 0 Å². The zero-order valence-corrected chi connectivity index (χ0v) is 6.20. The molecule has 0 fully saturated rings. The van der Waals surface area contributed by atoms with Crippen molar-refractivity contribution in [2.45, 2.75) is 13.0 Å². The molecule has 10 heavy (non-hydrogen) atoms. The summed E-state index contributed by atoms with van der Waals surface area (Å²) in [5.74, 6) is 0. The van der Waals surface area contributed by atoms with Crippen LogP contribution in [0.25, 0.3) is 0 Å². The monoisotopic (exact) mass is 137 g/mol. The van der Waals surface area contributed by atoms with E-state index in [4.69, 9.17) is 5.73 Å². The molecule has 1 aromatic heterocycles. The van der Waals surface area contributed by atoms with Crippen LogP contribution >= 0.6 is 0 Å². The molecule has 0 radical (unpaired) electrons. The van der Waals surface area contributed by atoms with Crippen molar-refractivity contribution in [3.8, 4) is 0 Å². The quantitative estimate of drug-likeness (QED) is 0.591. The van der Waals surface area contributed by atoms with Gasteiger partial charge in [0, 0.05) is 12.1 Å². The van der Waals surface area contributed by atoms with Crippen molar-refractivity contribution in [3.05, 3.63) is 30.6 Å². The van der Waals surface area contributed by atoms with Crippen LogP contribution in [0.5, 0.6) is 0 Å². The van der Waals surface area contributed by atoms with Crippen molar-refractivity contribution in [2.75, 3.05) is 6.54 Å². The highest BCUT2D eigenvalue weighted by Crippen LogP contribution is 1.88. The molecule has 0 aromatic carbocycles. The lowest BCUT2D eigenvalue weighted by atomic mass is 10.3. The second kappa shape index (κ2) is 3.32. The molecule has 0 saturated carbocycles. The molecular weight excluding hydrogens is 124 g/mol. The van der Waals surface area contributed by atoms with E-state index in [9.17, 15) is 0 Å². The molecule has 1 atom stereocenters. The first-order valence-electron chi connectivity index (χ1n) is 3.50. The van der Waals surface area contributed by atoms with E-state index in [1.807, 2.05) is 30.6 Å². The van der Waals surface area contributed by atoms with Crippen LogP contribution in [-0.2, 0) is 0 Å². The van der Waals surface area contributed by atoms with Gasteiger partial charge < -0.3 is 5.73 Å². The molecule has 0 spiro atoms. The molecule has 1 aromatic rings. The van der Waals surface area contributed by atoms with E-state index in [0.29, 0.717) is 12.6 Å². The van der Waals surface area contributed by atoms with Crippen LogP contribution in [0.15, 0.2) is 30.6 Å². The Balaban J connectivity index is 2.75. The van der Waals surface area contributed by atoms with Gasteiger partial charge in [0.2, 0.25) is 0 Å². The number of nitrogens with zero attached hydrogens (tertiary/aromatic N) is 1. The topological polar surface area (TPSA) is 29.9 Å². The highest BCUT2D eigenvalue weighted by Gasteiger charge is 2.06. The minimum atomic E-state index is 0.404. The van der Waals surface area contributed by atoms with Gasteiger partial charge in [-0.1, -0.05) is 6.07 Å². The third-order valence-corrected chi connectivity index (χ3v) is 1.59. The van der Waals surface area contributed by atoms with Crippen molar-refractivity contribution in [3.63, 3.8) is 0 Å². The van der Waals surface area contributed by atoms with E-state index in [-0.39, 0.29) is 0 Å². The van der Waals surface area contributed by atoms with E-state index >= 15 is 0 Å². The Morgan fingerprint density at radius 3 is 2.40 bits per heavy atom. The van der Waals surface area contributed by atoms with Gasteiger partial charge in [-0.2, -0.15) is 0 Å². The fourth-order valence-corrected chi connectivity index (χ4v) is 0.828. The first-order chi connectivity index (χ1) is 4.84. The molecular formula is C8H13N2+. The van der Waals surface area contributed by atoms with Gasteiger partial charge in [0.05, 0.1) is 6.54 Å². The predicted molar refractivity (Wildman–Crippen MR) is 40.4 cm³/mol. The Bertz CT molecular complexity index is 184. The molecule has 1 heterocycles. The van der Waals surface area contributed by atoms with E-state index in [1.54, 1.807) is 0 Å². The van der Waals surface area contributed by atoms with Crippen LogP contribution in [-0.4, -0.2) is 6.54 Å². The molecule has 0 aliphatic heterocycles. The van der Waals surface area contributed by atoms with Crippen molar-refractivity contribution in [1.29, 1.82) is 0 Å². The molecule has 54 valence electrons. The fraction of sp³-hybridized carbons (Fsp3) is 0.375. The maximum absolute atomic E-state index is 5.48. The van der Waals surface area contributed by atoms with Crippen molar-refractivity contribution in [2.24, 2.45) is 5.73 Å². The summed E-state index contributed by atoms with van der Waals surface area (Å²) in [4.78, 5) is 0.